The summed E-state index contributed by atoms with van der Waals surface area (Å²) >= 11 is 0. The SMILES string of the molecule is COC(=O)Cc1ccc2nc(Nc3ccc(OC)c(F)c3)oc2c1F. The third-order valence-electron chi connectivity index (χ3n) is 3.54. The van der Waals surface area contributed by atoms with E-state index in [1.807, 2.05) is 0 Å². The molecule has 2 aromatic carbocycles. The second kappa shape index (κ2) is 6.76. The molecule has 0 saturated carbocycles. The van der Waals surface area contributed by atoms with E-state index in [1.54, 1.807) is 6.07 Å². The number of nitrogens with zero attached hydrogens (tertiary/aromatic N) is 1. The van der Waals surface area contributed by atoms with Gasteiger partial charge in [0.2, 0.25) is 0 Å². The molecule has 130 valence electrons. The van der Waals surface area contributed by atoms with Gasteiger partial charge in [0, 0.05) is 17.3 Å². The number of nitrogens with one attached hydrogen (secondary N) is 1. The summed E-state index contributed by atoms with van der Waals surface area (Å²) in [5, 5.41) is 2.75. The molecule has 0 unspecified atom stereocenters. The largest absolute Gasteiger partial charge is 0.494 e. The predicted molar refractivity (Wildman–Crippen MR) is 85.9 cm³/mol. The van der Waals surface area contributed by atoms with E-state index in [1.165, 1.54) is 38.5 Å². The van der Waals surface area contributed by atoms with Gasteiger partial charge in [-0.2, -0.15) is 4.98 Å². The van der Waals surface area contributed by atoms with E-state index >= 15 is 0 Å². The van der Waals surface area contributed by atoms with Gasteiger partial charge in [0.1, 0.15) is 5.52 Å². The van der Waals surface area contributed by atoms with Crippen LogP contribution in [-0.4, -0.2) is 25.2 Å². The first kappa shape index (κ1) is 16.7. The molecule has 1 aromatic heterocycles. The number of aromatic nitrogens is 1. The minimum absolute atomic E-state index is 0.00585. The van der Waals surface area contributed by atoms with Crippen LogP contribution < -0.4 is 10.1 Å². The molecule has 0 spiro atoms. The van der Waals surface area contributed by atoms with E-state index in [9.17, 15) is 13.6 Å². The van der Waals surface area contributed by atoms with Gasteiger partial charge in [-0.1, -0.05) is 6.07 Å². The van der Waals surface area contributed by atoms with Crippen LogP contribution in [0.2, 0.25) is 0 Å². The molecule has 0 amide bonds. The van der Waals surface area contributed by atoms with E-state index in [-0.39, 0.29) is 34.8 Å². The summed E-state index contributed by atoms with van der Waals surface area (Å²) in [5.74, 6) is -1.72. The first-order valence-corrected chi connectivity index (χ1v) is 7.27. The number of hydrogen-bond donors (Lipinski definition) is 1. The van der Waals surface area contributed by atoms with Crippen LogP contribution in [0.1, 0.15) is 5.56 Å². The molecule has 3 rings (SSSR count). The minimum atomic E-state index is -0.690. The number of oxazole rings is 1. The van der Waals surface area contributed by atoms with Crippen LogP contribution in [0.25, 0.3) is 11.1 Å². The highest BCUT2D eigenvalue weighted by molar-refractivity contribution is 5.79. The summed E-state index contributed by atoms with van der Waals surface area (Å²) in [6.45, 7) is 0. The molecule has 25 heavy (non-hydrogen) atoms. The maximum Gasteiger partial charge on any atom is 0.310 e. The van der Waals surface area contributed by atoms with Gasteiger partial charge in [0.25, 0.3) is 6.01 Å². The zero-order chi connectivity index (χ0) is 18.0. The fourth-order valence-corrected chi connectivity index (χ4v) is 2.29. The second-order valence-corrected chi connectivity index (χ2v) is 5.13. The molecule has 8 heteroatoms. The number of benzene rings is 2. The Kier molecular flexibility index (Phi) is 4.51. The van der Waals surface area contributed by atoms with Gasteiger partial charge in [0.15, 0.2) is 23.0 Å². The Hall–Kier alpha value is -3.16. The number of hydrogen-bond acceptors (Lipinski definition) is 6. The fraction of sp³-hybridized carbons (Fsp3) is 0.176. The van der Waals surface area contributed by atoms with Crippen molar-refractivity contribution in [2.24, 2.45) is 0 Å². The van der Waals surface area contributed by atoms with Crippen LogP contribution in [0, 0.1) is 11.6 Å². The molecule has 0 bridgehead atoms. The van der Waals surface area contributed by atoms with Crippen molar-refractivity contribution in [3.8, 4) is 5.75 Å². The summed E-state index contributed by atoms with van der Waals surface area (Å²) in [6.07, 6.45) is -0.217. The number of esters is 1. The zero-order valence-electron chi connectivity index (χ0n) is 13.4. The standard InChI is InChI=1S/C17H14F2N2O4/c1-23-13-6-4-10(8-11(13)18)20-17-21-12-5-3-9(7-14(22)24-2)15(19)16(12)25-17/h3-6,8H,7H2,1-2H3,(H,20,21). The molecule has 0 aliphatic heterocycles. The molecule has 0 saturated heterocycles. The second-order valence-electron chi connectivity index (χ2n) is 5.13. The lowest BCUT2D eigenvalue weighted by Gasteiger charge is -2.05. The molecular weight excluding hydrogens is 334 g/mol. The summed E-state index contributed by atoms with van der Waals surface area (Å²) < 4.78 is 42.9. The Morgan fingerprint density at radius 2 is 2.04 bits per heavy atom. The molecule has 0 aliphatic rings. The highest BCUT2D eigenvalue weighted by Crippen LogP contribution is 2.28. The predicted octanol–water partition coefficient (Wildman–Crippen LogP) is 3.57. The number of halogens is 2. The van der Waals surface area contributed by atoms with Gasteiger partial charge in [-0.15, -0.1) is 0 Å². The highest BCUT2D eigenvalue weighted by Gasteiger charge is 2.17. The Morgan fingerprint density at radius 1 is 1.24 bits per heavy atom. The number of carbonyl (C=O) groups is 1. The van der Waals surface area contributed by atoms with Crippen molar-refractivity contribution in [3.05, 3.63) is 47.5 Å². The summed E-state index contributed by atoms with van der Waals surface area (Å²) in [6, 6.07) is 7.17. The van der Waals surface area contributed by atoms with E-state index < -0.39 is 17.6 Å². The smallest absolute Gasteiger partial charge is 0.310 e. The molecule has 1 heterocycles. The van der Waals surface area contributed by atoms with Crippen LogP contribution in [0.4, 0.5) is 20.5 Å². The van der Waals surface area contributed by atoms with Crippen LogP contribution in [0.15, 0.2) is 34.7 Å². The first-order valence-electron chi connectivity index (χ1n) is 7.27. The average molecular weight is 348 g/mol. The maximum absolute atomic E-state index is 14.4. The van der Waals surface area contributed by atoms with Gasteiger partial charge >= 0.3 is 5.97 Å². The van der Waals surface area contributed by atoms with Gasteiger partial charge in [-0.25, -0.2) is 8.78 Å². The number of ether oxygens (including phenoxy) is 2. The summed E-state index contributed by atoms with van der Waals surface area (Å²) in [4.78, 5) is 15.4. The van der Waals surface area contributed by atoms with Crippen molar-refractivity contribution in [2.75, 3.05) is 19.5 Å². The van der Waals surface area contributed by atoms with E-state index in [0.29, 0.717) is 5.69 Å². The fourth-order valence-electron chi connectivity index (χ4n) is 2.29. The van der Waals surface area contributed by atoms with Crippen LogP contribution in [-0.2, 0) is 16.0 Å². The van der Waals surface area contributed by atoms with Crippen molar-refractivity contribution in [3.63, 3.8) is 0 Å². The zero-order valence-corrected chi connectivity index (χ0v) is 13.4. The Balaban J connectivity index is 1.89. The molecule has 0 atom stereocenters. The molecule has 0 radical (unpaired) electrons. The number of rotatable bonds is 5. The Morgan fingerprint density at radius 3 is 2.72 bits per heavy atom. The van der Waals surface area contributed by atoms with Gasteiger partial charge in [-0.05, 0) is 18.2 Å². The highest BCUT2D eigenvalue weighted by atomic mass is 19.1. The molecule has 0 aliphatic carbocycles. The third kappa shape index (κ3) is 3.37. The number of anilines is 2. The maximum atomic E-state index is 14.4. The van der Waals surface area contributed by atoms with Crippen molar-refractivity contribution in [1.82, 2.24) is 4.98 Å². The lowest BCUT2D eigenvalue weighted by molar-refractivity contribution is -0.139. The topological polar surface area (TPSA) is 73.6 Å². The lowest BCUT2D eigenvalue weighted by Crippen LogP contribution is -2.06. The van der Waals surface area contributed by atoms with Crippen LogP contribution >= 0.6 is 0 Å². The monoisotopic (exact) mass is 348 g/mol. The van der Waals surface area contributed by atoms with Crippen LogP contribution in [0.5, 0.6) is 5.75 Å². The number of methoxy groups -OCH3 is 2. The van der Waals surface area contributed by atoms with Crippen molar-refractivity contribution in [1.29, 1.82) is 0 Å². The molecule has 3 aromatic rings. The molecule has 6 nitrogen and oxygen atoms in total. The number of fused-ring (bicyclic) bond motifs is 1. The number of carbonyl (C=O) groups excluding carboxylic acids is 1. The van der Waals surface area contributed by atoms with E-state index in [4.69, 9.17) is 9.15 Å². The molecule has 1 N–H and O–H groups in total. The first-order chi connectivity index (χ1) is 12.0. The van der Waals surface area contributed by atoms with Gasteiger partial charge < -0.3 is 19.2 Å². The van der Waals surface area contributed by atoms with Crippen molar-refractivity contribution >= 4 is 28.8 Å². The molecular formula is C17H14F2N2O4. The summed E-state index contributed by atoms with van der Waals surface area (Å²) in [7, 11) is 2.59. The van der Waals surface area contributed by atoms with Crippen molar-refractivity contribution in [2.45, 2.75) is 6.42 Å². The Labute approximate surface area is 141 Å². The van der Waals surface area contributed by atoms with Gasteiger partial charge in [0.05, 0.1) is 20.6 Å². The lowest BCUT2D eigenvalue weighted by atomic mass is 10.1. The Bertz CT molecular complexity index is 940. The van der Waals surface area contributed by atoms with E-state index in [2.05, 4.69) is 15.0 Å². The van der Waals surface area contributed by atoms with Crippen LogP contribution in [0.3, 0.4) is 0 Å². The van der Waals surface area contributed by atoms with Gasteiger partial charge in [-0.3, -0.25) is 4.79 Å². The molecule has 0 fully saturated rings. The quantitative estimate of drug-likeness (QED) is 0.711. The van der Waals surface area contributed by atoms with Crippen molar-refractivity contribution < 1.29 is 27.5 Å². The minimum Gasteiger partial charge on any atom is -0.494 e. The average Bonchev–Trinajstić information content (AvgIpc) is 3.01. The third-order valence-corrected chi connectivity index (χ3v) is 3.54. The normalized spacial score (nSPS) is 10.7. The summed E-state index contributed by atoms with van der Waals surface area (Å²) in [5.41, 5.74) is 0.665. The van der Waals surface area contributed by atoms with E-state index in [0.717, 1.165) is 0 Å².